The van der Waals surface area contributed by atoms with Crippen LogP contribution in [0.25, 0.3) is 0 Å². The summed E-state index contributed by atoms with van der Waals surface area (Å²) in [5.74, 6) is -2.29. The number of anilines is 1. The third kappa shape index (κ3) is 2.77. The lowest BCUT2D eigenvalue weighted by molar-refractivity contribution is 0.271. The van der Waals surface area contributed by atoms with Crippen molar-refractivity contribution in [3.05, 3.63) is 29.6 Å². The van der Waals surface area contributed by atoms with Crippen LogP contribution in [0.5, 0.6) is 0 Å². The summed E-state index contributed by atoms with van der Waals surface area (Å²) in [5, 5.41) is 3.40. The van der Waals surface area contributed by atoms with Crippen molar-refractivity contribution < 1.29 is 13.2 Å². The van der Waals surface area contributed by atoms with Crippen LogP contribution in [0.3, 0.4) is 0 Å². The molecule has 1 aromatic rings. The fourth-order valence-electron chi connectivity index (χ4n) is 3.04. The van der Waals surface area contributed by atoms with Gasteiger partial charge in [0.2, 0.25) is 0 Å². The quantitative estimate of drug-likeness (QED) is 0.917. The Bertz CT molecular complexity index is 455. The van der Waals surface area contributed by atoms with Crippen molar-refractivity contribution in [1.82, 2.24) is 5.32 Å². The highest BCUT2D eigenvalue weighted by atomic mass is 19.1. The SMILES string of the molecule is CCNC1CCN(c2c(F)cc(F)cc2F)C(C)C1C. The van der Waals surface area contributed by atoms with Gasteiger partial charge in [-0.15, -0.1) is 0 Å². The first-order valence-corrected chi connectivity index (χ1v) is 7.10. The van der Waals surface area contributed by atoms with Crippen LogP contribution in [-0.4, -0.2) is 25.2 Å². The maximum absolute atomic E-state index is 13.9. The third-order valence-corrected chi connectivity index (χ3v) is 4.30. The topological polar surface area (TPSA) is 15.3 Å². The normalized spacial score (nSPS) is 26.9. The molecule has 0 aliphatic carbocycles. The molecule has 2 rings (SSSR count). The van der Waals surface area contributed by atoms with Crippen LogP contribution in [0.4, 0.5) is 18.9 Å². The minimum Gasteiger partial charge on any atom is -0.364 e. The van der Waals surface area contributed by atoms with Crippen molar-refractivity contribution >= 4 is 5.69 Å². The van der Waals surface area contributed by atoms with Crippen molar-refractivity contribution in [1.29, 1.82) is 0 Å². The Morgan fingerprint density at radius 3 is 2.35 bits per heavy atom. The van der Waals surface area contributed by atoms with Gasteiger partial charge in [-0.05, 0) is 25.8 Å². The van der Waals surface area contributed by atoms with Gasteiger partial charge in [-0.1, -0.05) is 13.8 Å². The molecule has 1 N–H and O–H groups in total. The second kappa shape index (κ2) is 6.04. The predicted octanol–water partition coefficient (Wildman–Crippen LogP) is 3.32. The summed E-state index contributed by atoms with van der Waals surface area (Å²) in [6, 6.07) is 1.82. The van der Waals surface area contributed by atoms with Crippen LogP contribution in [-0.2, 0) is 0 Å². The number of hydrogen-bond acceptors (Lipinski definition) is 2. The number of halogens is 3. The Morgan fingerprint density at radius 1 is 1.20 bits per heavy atom. The molecule has 5 heteroatoms. The van der Waals surface area contributed by atoms with Crippen molar-refractivity contribution in [3.8, 4) is 0 Å². The van der Waals surface area contributed by atoms with Crippen molar-refractivity contribution in [2.75, 3.05) is 18.0 Å². The van der Waals surface area contributed by atoms with E-state index in [1.54, 1.807) is 4.90 Å². The number of rotatable bonds is 3. The van der Waals surface area contributed by atoms with E-state index >= 15 is 0 Å². The molecule has 1 heterocycles. The molecule has 0 amide bonds. The van der Waals surface area contributed by atoms with Gasteiger partial charge < -0.3 is 10.2 Å². The molecule has 3 unspecified atom stereocenters. The molecule has 20 heavy (non-hydrogen) atoms. The second-order valence-electron chi connectivity index (χ2n) is 5.46. The van der Waals surface area contributed by atoms with E-state index in [1.165, 1.54) is 0 Å². The van der Waals surface area contributed by atoms with Crippen LogP contribution in [0.2, 0.25) is 0 Å². The summed E-state index contributed by atoms with van der Waals surface area (Å²) in [6.07, 6.45) is 0.815. The molecule has 1 aliphatic rings. The van der Waals surface area contributed by atoms with Crippen molar-refractivity contribution in [2.24, 2.45) is 5.92 Å². The molecule has 2 nitrogen and oxygen atoms in total. The van der Waals surface area contributed by atoms with Crippen LogP contribution < -0.4 is 10.2 Å². The largest absolute Gasteiger partial charge is 0.364 e. The van der Waals surface area contributed by atoms with E-state index in [0.717, 1.165) is 25.1 Å². The molecule has 1 aliphatic heterocycles. The second-order valence-corrected chi connectivity index (χ2v) is 5.46. The lowest BCUT2D eigenvalue weighted by Crippen LogP contribution is -2.54. The lowest BCUT2D eigenvalue weighted by Gasteiger charge is -2.44. The zero-order valence-corrected chi connectivity index (χ0v) is 12.1. The van der Waals surface area contributed by atoms with Gasteiger partial charge in [0, 0.05) is 30.8 Å². The Morgan fingerprint density at radius 2 is 1.80 bits per heavy atom. The summed E-state index contributed by atoms with van der Waals surface area (Å²) < 4.78 is 40.8. The summed E-state index contributed by atoms with van der Waals surface area (Å²) in [5.41, 5.74) is -0.110. The predicted molar refractivity (Wildman–Crippen MR) is 74.4 cm³/mol. The first kappa shape index (κ1) is 15.2. The Balaban J connectivity index is 2.27. The van der Waals surface area contributed by atoms with Gasteiger partial charge in [-0.3, -0.25) is 0 Å². The number of benzene rings is 1. The monoisotopic (exact) mass is 286 g/mol. The smallest absolute Gasteiger partial charge is 0.152 e. The standard InChI is InChI=1S/C15H21F3N2/c1-4-19-14-5-6-20(10(3)9(14)2)15-12(17)7-11(16)8-13(15)18/h7-10,14,19H,4-6H2,1-3H3. The van der Waals surface area contributed by atoms with Gasteiger partial charge >= 0.3 is 0 Å². The van der Waals surface area contributed by atoms with Gasteiger partial charge in [0.25, 0.3) is 0 Å². The zero-order valence-electron chi connectivity index (χ0n) is 12.1. The molecule has 0 radical (unpaired) electrons. The number of nitrogens with zero attached hydrogens (tertiary/aromatic N) is 1. The zero-order chi connectivity index (χ0) is 14.9. The number of hydrogen-bond donors (Lipinski definition) is 1. The first-order chi connectivity index (χ1) is 9.45. The van der Waals surface area contributed by atoms with E-state index in [0.29, 0.717) is 12.6 Å². The van der Waals surface area contributed by atoms with Crippen molar-refractivity contribution in [2.45, 2.75) is 39.3 Å². The highest BCUT2D eigenvalue weighted by Crippen LogP contribution is 2.32. The van der Waals surface area contributed by atoms with E-state index in [9.17, 15) is 13.2 Å². The number of nitrogens with one attached hydrogen (secondary N) is 1. The van der Waals surface area contributed by atoms with Crippen LogP contribution in [0, 0.1) is 23.4 Å². The molecular formula is C15H21F3N2. The van der Waals surface area contributed by atoms with Gasteiger partial charge in [-0.25, -0.2) is 13.2 Å². The third-order valence-electron chi connectivity index (χ3n) is 4.30. The highest BCUT2D eigenvalue weighted by Gasteiger charge is 2.34. The maximum Gasteiger partial charge on any atom is 0.152 e. The minimum atomic E-state index is -0.882. The van der Waals surface area contributed by atoms with Crippen molar-refractivity contribution in [3.63, 3.8) is 0 Å². The molecule has 0 spiro atoms. The van der Waals surface area contributed by atoms with E-state index in [2.05, 4.69) is 12.2 Å². The van der Waals surface area contributed by atoms with Crippen LogP contribution >= 0.6 is 0 Å². The van der Waals surface area contributed by atoms with Gasteiger partial charge in [0.15, 0.2) is 11.6 Å². The number of piperidine rings is 1. The van der Waals surface area contributed by atoms with E-state index in [4.69, 9.17) is 0 Å². The Kier molecular flexibility index (Phi) is 4.58. The lowest BCUT2D eigenvalue weighted by atomic mass is 9.86. The highest BCUT2D eigenvalue weighted by molar-refractivity contribution is 5.51. The molecule has 0 aromatic heterocycles. The molecule has 0 saturated carbocycles. The van der Waals surface area contributed by atoms with E-state index < -0.39 is 17.5 Å². The van der Waals surface area contributed by atoms with E-state index in [-0.39, 0.29) is 17.6 Å². The minimum absolute atomic E-state index is 0.0118. The molecule has 1 saturated heterocycles. The molecule has 1 aromatic carbocycles. The Labute approximate surface area is 118 Å². The summed E-state index contributed by atoms with van der Waals surface area (Å²) in [7, 11) is 0. The molecule has 3 atom stereocenters. The average Bonchev–Trinajstić information content (AvgIpc) is 2.36. The average molecular weight is 286 g/mol. The summed E-state index contributed by atoms with van der Waals surface area (Å²) in [4.78, 5) is 1.71. The van der Waals surface area contributed by atoms with Crippen LogP contribution in [0.15, 0.2) is 12.1 Å². The fourth-order valence-corrected chi connectivity index (χ4v) is 3.04. The molecule has 0 bridgehead atoms. The Hall–Kier alpha value is -1.23. The molecule has 112 valence electrons. The van der Waals surface area contributed by atoms with E-state index in [1.807, 2.05) is 13.8 Å². The van der Waals surface area contributed by atoms with Gasteiger partial charge in [-0.2, -0.15) is 0 Å². The van der Waals surface area contributed by atoms with Crippen LogP contribution in [0.1, 0.15) is 27.2 Å². The molecular weight excluding hydrogens is 265 g/mol. The first-order valence-electron chi connectivity index (χ1n) is 7.10. The fraction of sp³-hybridized carbons (Fsp3) is 0.600. The molecule has 1 fully saturated rings. The van der Waals surface area contributed by atoms with Gasteiger partial charge in [0.05, 0.1) is 0 Å². The van der Waals surface area contributed by atoms with Gasteiger partial charge in [0.1, 0.15) is 11.5 Å². The summed E-state index contributed by atoms with van der Waals surface area (Å²) >= 11 is 0. The maximum atomic E-state index is 13.9. The summed E-state index contributed by atoms with van der Waals surface area (Å²) in [6.45, 7) is 7.51.